The summed E-state index contributed by atoms with van der Waals surface area (Å²) in [5, 5.41) is 9.00. The molecule has 0 radical (unpaired) electrons. The average Bonchev–Trinajstić information content (AvgIpc) is 2.68. The van der Waals surface area contributed by atoms with Crippen molar-refractivity contribution >= 4 is 17.8 Å². The molecule has 2 heterocycles. The molecule has 0 fully saturated rings. The van der Waals surface area contributed by atoms with E-state index in [1.807, 2.05) is 0 Å². The number of carbonyl (C=O) groups is 2. The van der Waals surface area contributed by atoms with Crippen molar-refractivity contribution in [3.05, 3.63) is 29.8 Å². The van der Waals surface area contributed by atoms with Crippen LogP contribution in [0.15, 0.2) is 18.3 Å². The molecule has 2 aromatic heterocycles. The van der Waals surface area contributed by atoms with Crippen LogP contribution in [0.5, 0.6) is 5.75 Å². The third kappa shape index (κ3) is 1.84. The normalized spacial score (nSPS) is 10.4. The fraction of sp³-hybridized carbons (Fsp3) is 0.182. The van der Waals surface area contributed by atoms with Crippen LogP contribution in [-0.4, -0.2) is 33.9 Å². The van der Waals surface area contributed by atoms with E-state index in [1.165, 1.54) is 7.11 Å². The second-order valence-electron chi connectivity index (χ2n) is 3.38. The molecular formula is C11H10N2O4. The van der Waals surface area contributed by atoms with Gasteiger partial charge >= 0.3 is 5.97 Å². The van der Waals surface area contributed by atoms with Crippen LogP contribution >= 0.6 is 0 Å². The standard InChI is InChI=1S/C11H10N2O4/c1-17-7-2-3-8-10(11(15)16)12-9(4-5-14)13(8)6-7/h2-3,5-6H,4H2,1H3,(H,15,16). The van der Waals surface area contributed by atoms with Gasteiger partial charge in [0.05, 0.1) is 25.2 Å². The van der Waals surface area contributed by atoms with Crippen LogP contribution in [0.4, 0.5) is 0 Å². The van der Waals surface area contributed by atoms with E-state index in [9.17, 15) is 9.59 Å². The molecule has 2 rings (SSSR count). The number of carbonyl (C=O) groups excluding carboxylic acids is 1. The molecule has 0 amide bonds. The van der Waals surface area contributed by atoms with Crippen LogP contribution in [0, 0.1) is 0 Å². The molecule has 0 aliphatic carbocycles. The van der Waals surface area contributed by atoms with E-state index in [0.717, 1.165) is 0 Å². The highest BCUT2D eigenvalue weighted by atomic mass is 16.5. The highest BCUT2D eigenvalue weighted by Gasteiger charge is 2.16. The van der Waals surface area contributed by atoms with Gasteiger partial charge in [-0.1, -0.05) is 0 Å². The molecule has 0 aliphatic rings. The van der Waals surface area contributed by atoms with Crippen molar-refractivity contribution in [2.24, 2.45) is 0 Å². The Bertz CT molecular complexity index is 588. The summed E-state index contributed by atoms with van der Waals surface area (Å²) in [6, 6.07) is 3.25. The lowest BCUT2D eigenvalue weighted by Crippen LogP contribution is -1.97. The average molecular weight is 234 g/mol. The number of aromatic carboxylic acids is 1. The lowest BCUT2D eigenvalue weighted by molar-refractivity contribution is -0.107. The summed E-state index contributed by atoms with van der Waals surface area (Å²) >= 11 is 0. The Kier molecular flexibility index (Phi) is 2.78. The first-order valence-electron chi connectivity index (χ1n) is 4.89. The first-order chi connectivity index (χ1) is 8.17. The van der Waals surface area contributed by atoms with Crippen LogP contribution in [0.3, 0.4) is 0 Å². The van der Waals surface area contributed by atoms with Gasteiger partial charge in [-0.05, 0) is 12.1 Å². The maximum Gasteiger partial charge on any atom is 0.356 e. The van der Waals surface area contributed by atoms with Crippen molar-refractivity contribution < 1.29 is 19.4 Å². The molecule has 0 saturated heterocycles. The summed E-state index contributed by atoms with van der Waals surface area (Å²) in [6.45, 7) is 0. The van der Waals surface area contributed by atoms with Gasteiger partial charge in [0, 0.05) is 0 Å². The Morgan fingerprint density at radius 2 is 2.35 bits per heavy atom. The largest absolute Gasteiger partial charge is 0.495 e. The lowest BCUT2D eigenvalue weighted by atomic mass is 10.3. The number of carboxylic acid groups (broad SMARTS) is 1. The molecule has 17 heavy (non-hydrogen) atoms. The first-order valence-corrected chi connectivity index (χ1v) is 4.89. The van der Waals surface area contributed by atoms with Crippen LogP contribution < -0.4 is 4.74 Å². The minimum atomic E-state index is -1.12. The summed E-state index contributed by atoms with van der Waals surface area (Å²) in [7, 11) is 1.51. The molecule has 6 heteroatoms. The number of nitrogens with zero attached hydrogens (tertiary/aromatic N) is 2. The Morgan fingerprint density at radius 1 is 1.59 bits per heavy atom. The maximum atomic E-state index is 11.0. The van der Waals surface area contributed by atoms with E-state index in [1.54, 1.807) is 22.7 Å². The van der Waals surface area contributed by atoms with Gasteiger partial charge in [0.1, 0.15) is 17.9 Å². The number of hydrogen-bond donors (Lipinski definition) is 1. The number of hydrogen-bond acceptors (Lipinski definition) is 4. The first kappa shape index (κ1) is 11.1. The molecule has 0 aliphatic heterocycles. The predicted octanol–water partition coefficient (Wildman–Crippen LogP) is 0.782. The van der Waals surface area contributed by atoms with E-state index in [4.69, 9.17) is 9.84 Å². The third-order valence-electron chi connectivity index (χ3n) is 2.39. The van der Waals surface area contributed by atoms with Gasteiger partial charge in [0.15, 0.2) is 5.69 Å². The zero-order valence-corrected chi connectivity index (χ0v) is 9.08. The van der Waals surface area contributed by atoms with E-state index in [0.29, 0.717) is 23.4 Å². The van der Waals surface area contributed by atoms with Gasteiger partial charge in [0.2, 0.25) is 0 Å². The molecule has 0 aromatic carbocycles. The van der Waals surface area contributed by atoms with Gasteiger partial charge in [0.25, 0.3) is 0 Å². The minimum Gasteiger partial charge on any atom is -0.495 e. The number of ether oxygens (including phenoxy) is 1. The van der Waals surface area contributed by atoms with Crippen LogP contribution in [0.2, 0.25) is 0 Å². The fourth-order valence-corrected chi connectivity index (χ4v) is 1.62. The molecular weight excluding hydrogens is 224 g/mol. The quantitative estimate of drug-likeness (QED) is 0.791. The van der Waals surface area contributed by atoms with Crippen molar-refractivity contribution in [1.82, 2.24) is 9.38 Å². The molecule has 6 nitrogen and oxygen atoms in total. The molecule has 0 saturated carbocycles. The minimum absolute atomic E-state index is 0.0572. The van der Waals surface area contributed by atoms with Crippen LogP contribution in [-0.2, 0) is 11.2 Å². The Morgan fingerprint density at radius 3 is 2.94 bits per heavy atom. The number of carboxylic acids is 1. The zero-order valence-electron chi connectivity index (χ0n) is 9.08. The highest BCUT2D eigenvalue weighted by molar-refractivity contribution is 5.93. The highest BCUT2D eigenvalue weighted by Crippen LogP contribution is 2.18. The topological polar surface area (TPSA) is 80.9 Å². The monoisotopic (exact) mass is 234 g/mol. The van der Waals surface area contributed by atoms with Crippen molar-refractivity contribution in [2.75, 3.05) is 7.11 Å². The second-order valence-corrected chi connectivity index (χ2v) is 3.38. The molecule has 0 unspecified atom stereocenters. The van der Waals surface area contributed by atoms with Gasteiger partial charge in [-0.15, -0.1) is 0 Å². The fourth-order valence-electron chi connectivity index (χ4n) is 1.62. The van der Waals surface area contributed by atoms with Gasteiger partial charge in [-0.2, -0.15) is 0 Å². The van der Waals surface area contributed by atoms with Crippen molar-refractivity contribution in [2.45, 2.75) is 6.42 Å². The van der Waals surface area contributed by atoms with Crippen molar-refractivity contribution in [3.63, 3.8) is 0 Å². The number of methoxy groups -OCH3 is 1. The van der Waals surface area contributed by atoms with E-state index >= 15 is 0 Å². The summed E-state index contributed by atoms with van der Waals surface area (Å²) in [5.41, 5.74) is 0.375. The number of aldehydes is 1. The zero-order chi connectivity index (χ0) is 12.4. The van der Waals surface area contributed by atoms with Crippen molar-refractivity contribution in [3.8, 4) is 5.75 Å². The molecule has 1 N–H and O–H groups in total. The van der Waals surface area contributed by atoms with E-state index in [2.05, 4.69) is 4.98 Å². The molecule has 88 valence electrons. The number of fused-ring (bicyclic) bond motifs is 1. The van der Waals surface area contributed by atoms with Crippen LogP contribution in [0.25, 0.3) is 5.52 Å². The summed E-state index contributed by atoms with van der Waals surface area (Å²) in [5.74, 6) is -0.171. The number of rotatable bonds is 4. The smallest absolute Gasteiger partial charge is 0.356 e. The Balaban J connectivity index is 2.71. The molecule has 0 spiro atoms. The van der Waals surface area contributed by atoms with Crippen LogP contribution in [0.1, 0.15) is 16.3 Å². The SMILES string of the molecule is COc1ccc2c(C(=O)O)nc(CC=O)n2c1. The molecule has 2 aromatic rings. The Labute approximate surface area is 96.5 Å². The van der Waals surface area contributed by atoms with Gasteiger partial charge < -0.3 is 14.6 Å². The van der Waals surface area contributed by atoms with E-state index < -0.39 is 5.97 Å². The maximum absolute atomic E-state index is 11.0. The lowest BCUT2D eigenvalue weighted by Gasteiger charge is -2.02. The summed E-state index contributed by atoms with van der Waals surface area (Å²) < 4.78 is 6.59. The molecule has 0 atom stereocenters. The number of imidazole rings is 1. The number of pyridine rings is 1. The van der Waals surface area contributed by atoms with Gasteiger partial charge in [-0.25, -0.2) is 9.78 Å². The second kappa shape index (κ2) is 4.25. The van der Waals surface area contributed by atoms with Gasteiger partial charge in [-0.3, -0.25) is 4.40 Å². The van der Waals surface area contributed by atoms with Crippen molar-refractivity contribution in [1.29, 1.82) is 0 Å². The molecule has 0 bridgehead atoms. The summed E-state index contributed by atoms with van der Waals surface area (Å²) in [4.78, 5) is 25.4. The third-order valence-corrected chi connectivity index (χ3v) is 2.39. The predicted molar refractivity (Wildman–Crippen MR) is 58.5 cm³/mol. The number of aromatic nitrogens is 2. The summed E-state index contributed by atoms with van der Waals surface area (Å²) in [6.07, 6.45) is 2.34. The van der Waals surface area contributed by atoms with E-state index in [-0.39, 0.29) is 12.1 Å². The Hall–Kier alpha value is -2.37.